The topological polar surface area (TPSA) is 99.3 Å². The number of amides is 1. The molecule has 8 heteroatoms. The van der Waals surface area contributed by atoms with Gasteiger partial charge in [0.1, 0.15) is 5.69 Å². The van der Waals surface area contributed by atoms with Gasteiger partial charge in [-0.2, -0.15) is 4.31 Å². The molecule has 0 unspecified atom stereocenters. The zero-order valence-corrected chi connectivity index (χ0v) is 19.3. The minimum Gasteiger partial charge on any atom is -0.354 e. The molecule has 1 aromatic carbocycles. The van der Waals surface area contributed by atoms with Crippen molar-refractivity contribution < 1.29 is 18.0 Å². The smallest absolute Gasteiger partial charge is 0.268 e. The molecule has 0 aliphatic carbocycles. The fourth-order valence-corrected chi connectivity index (χ4v) is 5.15. The van der Waals surface area contributed by atoms with E-state index in [9.17, 15) is 18.0 Å². The first-order valence-corrected chi connectivity index (χ1v) is 11.7. The molecular formula is C22H31N3O4S. The van der Waals surface area contributed by atoms with Crippen LogP contribution in [0.15, 0.2) is 29.2 Å². The SMILES string of the molecule is CCc1c(C(=O)N[C@H](C)c2ccc(S(=O)(=O)N(CC)CC)cc2)[nH]c(C)c1C(C)=O. The third kappa shape index (κ3) is 4.65. The zero-order chi connectivity index (χ0) is 22.6. The zero-order valence-electron chi connectivity index (χ0n) is 18.5. The number of H-pyrrole nitrogens is 1. The Labute approximate surface area is 178 Å². The van der Waals surface area contributed by atoms with E-state index in [1.807, 2.05) is 13.8 Å². The van der Waals surface area contributed by atoms with E-state index in [1.54, 1.807) is 45.0 Å². The third-order valence-electron chi connectivity index (χ3n) is 5.29. The van der Waals surface area contributed by atoms with Crippen LogP contribution in [0.5, 0.6) is 0 Å². The van der Waals surface area contributed by atoms with E-state index < -0.39 is 10.0 Å². The van der Waals surface area contributed by atoms with Crippen LogP contribution in [0.25, 0.3) is 0 Å². The molecule has 1 aromatic heterocycles. The summed E-state index contributed by atoms with van der Waals surface area (Å²) in [6.45, 7) is 11.4. The number of nitrogens with zero attached hydrogens (tertiary/aromatic N) is 1. The quantitative estimate of drug-likeness (QED) is 0.590. The highest BCUT2D eigenvalue weighted by Gasteiger charge is 2.24. The third-order valence-corrected chi connectivity index (χ3v) is 7.36. The molecule has 164 valence electrons. The van der Waals surface area contributed by atoms with Crippen LogP contribution in [0.4, 0.5) is 0 Å². The monoisotopic (exact) mass is 433 g/mol. The highest BCUT2D eigenvalue weighted by atomic mass is 32.2. The fraction of sp³-hybridized carbons (Fsp3) is 0.455. The van der Waals surface area contributed by atoms with Gasteiger partial charge in [-0.1, -0.05) is 32.9 Å². The number of carbonyl (C=O) groups excluding carboxylic acids is 2. The van der Waals surface area contributed by atoms with Gasteiger partial charge in [-0.3, -0.25) is 9.59 Å². The van der Waals surface area contributed by atoms with Gasteiger partial charge in [0, 0.05) is 24.3 Å². The van der Waals surface area contributed by atoms with Gasteiger partial charge in [0.25, 0.3) is 5.91 Å². The molecule has 0 aliphatic heterocycles. The van der Waals surface area contributed by atoms with Crippen LogP contribution in [0.3, 0.4) is 0 Å². The van der Waals surface area contributed by atoms with Crippen molar-refractivity contribution in [3.63, 3.8) is 0 Å². The summed E-state index contributed by atoms with van der Waals surface area (Å²) in [6.07, 6.45) is 0.564. The summed E-state index contributed by atoms with van der Waals surface area (Å²) >= 11 is 0. The Kier molecular flexibility index (Phi) is 7.60. The lowest BCUT2D eigenvalue weighted by atomic mass is 10.0. The van der Waals surface area contributed by atoms with Crippen molar-refractivity contribution in [3.05, 3.63) is 52.3 Å². The summed E-state index contributed by atoms with van der Waals surface area (Å²) in [5.74, 6) is -0.368. The molecular weight excluding hydrogens is 402 g/mol. The van der Waals surface area contributed by atoms with Crippen molar-refractivity contribution in [1.82, 2.24) is 14.6 Å². The molecule has 2 rings (SSSR count). The Morgan fingerprint density at radius 2 is 1.67 bits per heavy atom. The van der Waals surface area contributed by atoms with E-state index in [-0.39, 0.29) is 22.6 Å². The number of benzene rings is 1. The second-order valence-corrected chi connectivity index (χ2v) is 9.18. The minimum atomic E-state index is -3.52. The van der Waals surface area contributed by atoms with Gasteiger partial charge in [-0.15, -0.1) is 0 Å². The summed E-state index contributed by atoms with van der Waals surface area (Å²) in [5, 5.41) is 2.93. The van der Waals surface area contributed by atoms with Crippen molar-refractivity contribution >= 4 is 21.7 Å². The molecule has 0 aliphatic rings. The molecule has 2 N–H and O–H groups in total. The number of aryl methyl sites for hydroxylation is 1. The number of ketones is 1. The number of Topliss-reactive ketones (excluding diaryl/α,β-unsaturated/α-hetero) is 1. The Morgan fingerprint density at radius 1 is 1.10 bits per heavy atom. The van der Waals surface area contributed by atoms with Crippen molar-refractivity contribution in [3.8, 4) is 0 Å². The maximum Gasteiger partial charge on any atom is 0.268 e. The molecule has 7 nitrogen and oxygen atoms in total. The second-order valence-electron chi connectivity index (χ2n) is 7.24. The van der Waals surface area contributed by atoms with E-state index in [2.05, 4.69) is 10.3 Å². The Morgan fingerprint density at radius 3 is 2.13 bits per heavy atom. The van der Waals surface area contributed by atoms with Crippen LogP contribution in [-0.4, -0.2) is 42.5 Å². The number of aromatic amines is 1. The summed E-state index contributed by atoms with van der Waals surface area (Å²) < 4.78 is 26.6. The van der Waals surface area contributed by atoms with E-state index in [0.717, 1.165) is 5.56 Å². The maximum atomic E-state index is 12.8. The molecule has 1 amide bonds. The van der Waals surface area contributed by atoms with E-state index in [0.29, 0.717) is 42.0 Å². The van der Waals surface area contributed by atoms with Gasteiger partial charge in [0.2, 0.25) is 10.0 Å². The summed E-state index contributed by atoms with van der Waals surface area (Å²) in [4.78, 5) is 28.0. The average Bonchev–Trinajstić information content (AvgIpc) is 3.05. The van der Waals surface area contributed by atoms with Crippen LogP contribution in [0.2, 0.25) is 0 Å². The van der Waals surface area contributed by atoms with Gasteiger partial charge in [-0.25, -0.2) is 8.42 Å². The van der Waals surface area contributed by atoms with Gasteiger partial charge < -0.3 is 10.3 Å². The number of carbonyl (C=O) groups is 2. The van der Waals surface area contributed by atoms with E-state index in [4.69, 9.17) is 0 Å². The van der Waals surface area contributed by atoms with E-state index in [1.165, 1.54) is 11.2 Å². The van der Waals surface area contributed by atoms with Crippen molar-refractivity contribution in [2.75, 3.05) is 13.1 Å². The summed E-state index contributed by atoms with van der Waals surface area (Å²) in [6, 6.07) is 6.22. The number of nitrogens with one attached hydrogen (secondary N) is 2. The van der Waals surface area contributed by atoms with Crippen molar-refractivity contribution in [1.29, 1.82) is 0 Å². The second kappa shape index (κ2) is 9.57. The normalized spacial score (nSPS) is 12.8. The average molecular weight is 434 g/mol. The molecule has 0 radical (unpaired) electrons. The number of hydrogen-bond acceptors (Lipinski definition) is 4. The van der Waals surface area contributed by atoms with Gasteiger partial charge in [-0.05, 0) is 50.5 Å². The fourth-order valence-electron chi connectivity index (χ4n) is 3.69. The molecule has 0 bridgehead atoms. The molecule has 0 spiro atoms. The number of sulfonamides is 1. The highest BCUT2D eigenvalue weighted by molar-refractivity contribution is 7.89. The summed E-state index contributed by atoms with van der Waals surface area (Å²) in [7, 11) is -3.52. The first-order valence-electron chi connectivity index (χ1n) is 10.2. The lowest BCUT2D eigenvalue weighted by Crippen LogP contribution is -2.30. The van der Waals surface area contributed by atoms with Crippen LogP contribution in [0.1, 0.15) is 78.3 Å². The Balaban J connectivity index is 2.23. The minimum absolute atomic E-state index is 0.0716. The largest absolute Gasteiger partial charge is 0.354 e. The number of aromatic nitrogens is 1. The van der Waals surface area contributed by atoms with Gasteiger partial charge >= 0.3 is 0 Å². The highest BCUT2D eigenvalue weighted by Crippen LogP contribution is 2.23. The lowest BCUT2D eigenvalue weighted by molar-refractivity contribution is 0.0934. The molecule has 1 heterocycles. The molecule has 2 aromatic rings. The van der Waals surface area contributed by atoms with Gasteiger partial charge in [0.15, 0.2) is 5.78 Å². The van der Waals surface area contributed by atoms with Gasteiger partial charge in [0.05, 0.1) is 10.9 Å². The molecule has 0 saturated heterocycles. The maximum absolute atomic E-state index is 12.8. The number of rotatable bonds is 9. The van der Waals surface area contributed by atoms with Crippen molar-refractivity contribution in [2.45, 2.75) is 58.9 Å². The van der Waals surface area contributed by atoms with E-state index >= 15 is 0 Å². The Bertz CT molecular complexity index is 1020. The predicted molar refractivity (Wildman–Crippen MR) is 117 cm³/mol. The first kappa shape index (κ1) is 23.8. The standard InChI is InChI=1S/C22H31N3O4S/c1-7-19-20(16(6)26)15(5)23-21(19)22(27)24-14(4)17-10-12-18(13-11-17)30(28,29)25(8-2)9-3/h10-14,23H,7-9H2,1-6H3,(H,24,27)/t14-/m1/s1. The summed E-state index contributed by atoms with van der Waals surface area (Å²) in [5.41, 5.74) is 3.15. The molecule has 1 atom stereocenters. The molecule has 0 fully saturated rings. The molecule has 0 saturated carbocycles. The first-order chi connectivity index (χ1) is 14.1. The predicted octanol–water partition coefficient (Wildman–Crippen LogP) is 3.61. The number of hydrogen-bond donors (Lipinski definition) is 2. The van der Waals surface area contributed by atoms with Crippen LogP contribution < -0.4 is 5.32 Å². The van der Waals surface area contributed by atoms with Crippen LogP contribution >= 0.6 is 0 Å². The van der Waals surface area contributed by atoms with Crippen LogP contribution in [0, 0.1) is 6.92 Å². The lowest BCUT2D eigenvalue weighted by Gasteiger charge is -2.19. The van der Waals surface area contributed by atoms with Crippen molar-refractivity contribution in [2.24, 2.45) is 0 Å². The van der Waals surface area contributed by atoms with Crippen LogP contribution in [-0.2, 0) is 16.4 Å². The Hall–Kier alpha value is -2.45. The molecule has 30 heavy (non-hydrogen) atoms.